The van der Waals surface area contributed by atoms with E-state index in [1.54, 1.807) is 20.0 Å². The van der Waals surface area contributed by atoms with Gasteiger partial charge in [0.05, 0.1) is 18.4 Å². The first-order valence-electron chi connectivity index (χ1n) is 7.42. The molecule has 0 fully saturated rings. The molecule has 0 amide bonds. The molecule has 0 spiro atoms. The standard InChI is InChI=1S/C18H20N2O2/c1-5-22-17(21)18(4,11-19)15-8-6-7-14-13(15)9-10-20-16(14)12(2)3/h6-10,12H,5H2,1-4H3. The van der Waals surface area contributed by atoms with Gasteiger partial charge in [0.1, 0.15) is 0 Å². The van der Waals surface area contributed by atoms with Gasteiger partial charge in [-0.05, 0) is 36.8 Å². The first-order valence-corrected chi connectivity index (χ1v) is 7.42. The molecule has 0 aliphatic carbocycles. The van der Waals surface area contributed by atoms with Crippen LogP contribution in [0.15, 0.2) is 30.5 Å². The van der Waals surface area contributed by atoms with Gasteiger partial charge in [-0.3, -0.25) is 4.98 Å². The van der Waals surface area contributed by atoms with Crippen LogP contribution in [0.1, 0.15) is 44.9 Å². The van der Waals surface area contributed by atoms with Gasteiger partial charge in [0.2, 0.25) is 0 Å². The summed E-state index contributed by atoms with van der Waals surface area (Å²) < 4.78 is 5.10. The van der Waals surface area contributed by atoms with Crippen LogP contribution in [0.4, 0.5) is 0 Å². The molecule has 0 saturated carbocycles. The fraction of sp³-hybridized carbons (Fsp3) is 0.389. The topological polar surface area (TPSA) is 63.0 Å². The number of carbonyl (C=O) groups is 1. The molecular weight excluding hydrogens is 276 g/mol. The van der Waals surface area contributed by atoms with Gasteiger partial charge in [-0.25, -0.2) is 4.79 Å². The van der Waals surface area contributed by atoms with Crippen LogP contribution in [0.25, 0.3) is 10.8 Å². The maximum Gasteiger partial charge on any atom is 0.330 e. The predicted octanol–water partition coefficient (Wildman–Crippen LogP) is 3.70. The third kappa shape index (κ3) is 2.55. The zero-order chi connectivity index (χ0) is 16.3. The second-order valence-corrected chi connectivity index (χ2v) is 5.71. The Morgan fingerprint density at radius 2 is 2.09 bits per heavy atom. The van der Waals surface area contributed by atoms with Gasteiger partial charge in [-0.15, -0.1) is 0 Å². The Bertz CT molecular complexity index is 746. The summed E-state index contributed by atoms with van der Waals surface area (Å²) in [7, 11) is 0. The predicted molar refractivity (Wildman–Crippen MR) is 85.4 cm³/mol. The minimum atomic E-state index is -1.33. The number of pyridine rings is 1. The molecule has 1 aromatic heterocycles. The summed E-state index contributed by atoms with van der Waals surface area (Å²) in [5.74, 6) is -0.261. The monoisotopic (exact) mass is 296 g/mol. The minimum absolute atomic E-state index is 0.250. The zero-order valence-electron chi connectivity index (χ0n) is 13.4. The third-order valence-electron chi connectivity index (χ3n) is 3.83. The van der Waals surface area contributed by atoms with Gasteiger partial charge in [0.15, 0.2) is 5.41 Å². The molecule has 114 valence electrons. The maximum absolute atomic E-state index is 12.3. The molecule has 2 aromatic rings. The van der Waals surface area contributed by atoms with Crippen molar-refractivity contribution in [1.29, 1.82) is 5.26 Å². The van der Waals surface area contributed by atoms with Crippen molar-refractivity contribution in [1.82, 2.24) is 4.98 Å². The summed E-state index contributed by atoms with van der Waals surface area (Å²) in [6.07, 6.45) is 1.73. The second kappa shape index (κ2) is 6.15. The van der Waals surface area contributed by atoms with Crippen LogP contribution in [0, 0.1) is 11.3 Å². The summed E-state index contributed by atoms with van der Waals surface area (Å²) in [5.41, 5.74) is 0.296. The Balaban J connectivity index is 2.73. The van der Waals surface area contributed by atoms with Crippen molar-refractivity contribution in [2.45, 2.75) is 39.0 Å². The number of aromatic nitrogens is 1. The summed E-state index contributed by atoms with van der Waals surface area (Å²) in [4.78, 5) is 16.7. The number of benzene rings is 1. The lowest BCUT2D eigenvalue weighted by atomic mass is 9.81. The van der Waals surface area contributed by atoms with E-state index in [1.165, 1.54) is 0 Å². The lowest BCUT2D eigenvalue weighted by Gasteiger charge is -2.22. The highest BCUT2D eigenvalue weighted by molar-refractivity contribution is 5.96. The highest BCUT2D eigenvalue weighted by Gasteiger charge is 2.38. The summed E-state index contributed by atoms with van der Waals surface area (Å²) in [5, 5.41) is 11.5. The average Bonchev–Trinajstić information content (AvgIpc) is 2.53. The molecule has 4 heteroatoms. The number of carbonyl (C=O) groups excluding carboxylic acids is 1. The minimum Gasteiger partial charge on any atom is -0.465 e. The molecule has 0 aliphatic rings. The summed E-state index contributed by atoms with van der Waals surface area (Å²) in [6.45, 7) is 7.74. The fourth-order valence-corrected chi connectivity index (χ4v) is 2.62. The van der Waals surface area contributed by atoms with Crippen molar-refractivity contribution >= 4 is 16.7 Å². The van der Waals surface area contributed by atoms with Crippen molar-refractivity contribution in [2.24, 2.45) is 0 Å². The van der Waals surface area contributed by atoms with Crippen LogP contribution >= 0.6 is 0 Å². The summed E-state index contributed by atoms with van der Waals surface area (Å²) >= 11 is 0. The van der Waals surface area contributed by atoms with E-state index in [9.17, 15) is 10.1 Å². The molecule has 22 heavy (non-hydrogen) atoms. The number of nitrogens with zero attached hydrogens (tertiary/aromatic N) is 2. The van der Waals surface area contributed by atoms with E-state index < -0.39 is 11.4 Å². The Morgan fingerprint density at radius 3 is 2.68 bits per heavy atom. The zero-order valence-corrected chi connectivity index (χ0v) is 13.4. The van der Waals surface area contributed by atoms with E-state index in [1.807, 2.05) is 24.3 Å². The van der Waals surface area contributed by atoms with Gasteiger partial charge in [-0.2, -0.15) is 5.26 Å². The molecule has 0 N–H and O–H groups in total. The number of rotatable bonds is 4. The molecule has 0 saturated heterocycles. The summed E-state index contributed by atoms with van der Waals surface area (Å²) in [6, 6.07) is 9.63. The van der Waals surface area contributed by atoms with Gasteiger partial charge in [0, 0.05) is 11.6 Å². The van der Waals surface area contributed by atoms with Crippen LogP contribution in [0.2, 0.25) is 0 Å². The number of hydrogen-bond acceptors (Lipinski definition) is 4. The van der Waals surface area contributed by atoms with Gasteiger partial charge in [0.25, 0.3) is 0 Å². The van der Waals surface area contributed by atoms with Crippen LogP contribution in [-0.2, 0) is 14.9 Å². The van der Waals surface area contributed by atoms with E-state index in [2.05, 4.69) is 24.9 Å². The Hall–Kier alpha value is -2.41. The van der Waals surface area contributed by atoms with Crippen LogP contribution < -0.4 is 0 Å². The van der Waals surface area contributed by atoms with Crippen molar-refractivity contribution in [3.05, 3.63) is 41.7 Å². The average molecular weight is 296 g/mol. The second-order valence-electron chi connectivity index (χ2n) is 5.71. The largest absolute Gasteiger partial charge is 0.465 e. The molecule has 1 unspecified atom stereocenters. The molecule has 1 heterocycles. The van der Waals surface area contributed by atoms with Gasteiger partial charge in [-0.1, -0.05) is 32.0 Å². The molecule has 1 atom stereocenters. The van der Waals surface area contributed by atoms with Crippen molar-refractivity contribution < 1.29 is 9.53 Å². The first-order chi connectivity index (χ1) is 10.5. The maximum atomic E-state index is 12.3. The van der Waals surface area contributed by atoms with E-state index in [0.29, 0.717) is 5.56 Å². The van der Waals surface area contributed by atoms with Crippen molar-refractivity contribution in [3.63, 3.8) is 0 Å². The highest BCUT2D eigenvalue weighted by atomic mass is 16.5. The lowest BCUT2D eigenvalue weighted by Crippen LogP contribution is -2.33. The van der Waals surface area contributed by atoms with Crippen LogP contribution in [-0.4, -0.2) is 17.6 Å². The Labute approximate surface area is 130 Å². The Morgan fingerprint density at radius 1 is 1.36 bits per heavy atom. The molecule has 2 rings (SSSR count). The third-order valence-corrected chi connectivity index (χ3v) is 3.83. The normalized spacial score (nSPS) is 13.6. The van der Waals surface area contributed by atoms with E-state index in [4.69, 9.17) is 4.74 Å². The number of fused-ring (bicyclic) bond motifs is 1. The Kier molecular flexibility index (Phi) is 4.46. The van der Waals surface area contributed by atoms with Crippen LogP contribution in [0.5, 0.6) is 0 Å². The van der Waals surface area contributed by atoms with E-state index in [0.717, 1.165) is 16.5 Å². The first kappa shape index (κ1) is 16.0. The van der Waals surface area contributed by atoms with Crippen molar-refractivity contribution in [2.75, 3.05) is 6.61 Å². The van der Waals surface area contributed by atoms with Crippen molar-refractivity contribution in [3.8, 4) is 6.07 Å². The number of nitriles is 1. The highest BCUT2D eigenvalue weighted by Crippen LogP contribution is 2.33. The smallest absolute Gasteiger partial charge is 0.330 e. The molecule has 0 aliphatic heterocycles. The van der Waals surface area contributed by atoms with Gasteiger partial charge >= 0.3 is 5.97 Å². The number of esters is 1. The SMILES string of the molecule is CCOC(=O)C(C)(C#N)c1cccc2c(C(C)C)nccc12. The van der Waals surface area contributed by atoms with E-state index >= 15 is 0 Å². The fourth-order valence-electron chi connectivity index (χ4n) is 2.62. The number of ether oxygens (including phenoxy) is 1. The van der Waals surface area contributed by atoms with E-state index in [-0.39, 0.29) is 12.5 Å². The molecule has 0 radical (unpaired) electrons. The quantitative estimate of drug-likeness (QED) is 0.807. The van der Waals surface area contributed by atoms with Gasteiger partial charge < -0.3 is 4.74 Å². The molecule has 4 nitrogen and oxygen atoms in total. The number of hydrogen-bond donors (Lipinski definition) is 0. The van der Waals surface area contributed by atoms with Crippen LogP contribution in [0.3, 0.4) is 0 Å². The molecular formula is C18H20N2O2. The molecule has 1 aromatic carbocycles. The molecule has 0 bridgehead atoms. The lowest BCUT2D eigenvalue weighted by molar-refractivity contribution is -0.147.